The van der Waals surface area contributed by atoms with Gasteiger partial charge in [-0.15, -0.1) is 5.10 Å². The van der Waals surface area contributed by atoms with Gasteiger partial charge in [-0.3, -0.25) is 9.89 Å². The van der Waals surface area contributed by atoms with E-state index >= 15 is 0 Å². The van der Waals surface area contributed by atoms with Crippen LogP contribution in [-0.2, 0) is 10.2 Å². The molecule has 2 aromatic carbocycles. The molecule has 0 saturated heterocycles. The summed E-state index contributed by atoms with van der Waals surface area (Å²) in [6, 6.07) is 17.9. The van der Waals surface area contributed by atoms with Crippen molar-refractivity contribution in [2.75, 3.05) is 11.1 Å². The number of carbonyl (C=O) groups is 1. The first-order valence-corrected chi connectivity index (χ1v) is 10.1. The summed E-state index contributed by atoms with van der Waals surface area (Å²) in [6.07, 6.45) is 3.83. The summed E-state index contributed by atoms with van der Waals surface area (Å²) < 4.78 is 0. The van der Waals surface area contributed by atoms with Gasteiger partial charge >= 0.3 is 0 Å². The molecule has 0 spiro atoms. The molecular weight excluding hydrogens is 368 g/mol. The number of nitrogens with zero attached hydrogens (tertiary/aromatic N) is 2. The van der Waals surface area contributed by atoms with Crippen molar-refractivity contribution in [1.82, 2.24) is 15.2 Å². The lowest BCUT2D eigenvalue weighted by molar-refractivity contribution is -0.113. The van der Waals surface area contributed by atoms with Crippen LogP contribution in [0.2, 0.25) is 0 Å². The number of nitrogens with one attached hydrogen (secondary N) is 2. The SMILES string of the molecule is CC(C)(C)c1ccc(NC(=O)CSc2n[nH]c(/C=C/c3ccccc3)n2)cc1. The molecule has 0 aliphatic carbocycles. The number of hydrogen-bond donors (Lipinski definition) is 2. The van der Waals surface area contributed by atoms with Crippen LogP contribution >= 0.6 is 11.8 Å². The van der Waals surface area contributed by atoms with Crippen molar-refractivity contribution in [2.45, 2.75) is 31.3 Å². The highest BCUT2D eigenvalue weighted by atomic mass is 32.2. The Labute approximate surface area is 169 Å². The Morgan fingerprint density at radius 1 is 1.07 bits per heavy atom. The lowest BCUT2D eigenvalue weighted by Gasteiger charge is -2.19. The first kappa shape index (κ1) is 19.9. The van der Waals surface area contributed by atoms with Crippen LogP contribution in [0.25, 0.3) is 12.2 Å². The highest BCUT2D eigenvalue weighted by molar-refractivity contribution is 7.99. The molecule has 0 aliphatic heterocycles. The maximum atomic E-state index is 12.2. The van der Waals surface area contributed by atoms with Crippen LogP contribution in [0.15, 0.2) is 59.8 Å². The van der Waals surface area contributed by atoms with E-state index in [-0.39, 0.29) is 17.1 Å². The Morgan fingerprint density at radius 2 is 1.79 bits per heavy atom. The Balaban J connectivity index is 1.50. The molecule has 6 heteroatoms. The monoisotopic (exact) mass is 392 g/mol. The molecule has 3 aromatic rings. The van der Waals surface area contributed by atoms with Crippen molar-refractivity contribution in [2.24, 2.45) is 0 Å². The Morgan fingerprint density at radius 3 is 2.46 bits per heavy atom. The molecule has 0 aliphatic rings. The van der Waals surface area contributed by atoms with Gasteiger partial charge in [-0.25, -0.2) is 4.98 Å². The van der Waals surface area contributed by atoms with E-state index in [1.165, 1.54) is 17.3 Å². The van der Waals surface area contributed by atoms with Crippen molar-refractivity contribution in [3.05, 3.63) is 71.5 Å². The summed E-state index contributed by atoms with van der Waals surface area (Å²) in [5.74, 6) is 0.824. The highest BCUT2D eigenvalue weighted by Gasteiger charge is 2.13. The van der Waals surface area contributed by atoms with E-state index < -0.39 is 0 Å². The molecule has 1 aromatic heterocycles. The summed E-state index contributed by atoms with van der Waals surface area (Å²) in [5.41, 5.74) is 3.21. The molecule has 0 radical (unpaired) electrons. The minimum atomic E-state index is -0.0836. The predicted octanol–water partition coefficient (Wildman–Crippen LogP) is 5.00. The van der Waals surface area contributed by atoms with E-state index in [1.54, 1.807) is 0 Å². The highest BCUT2D eigenvalue weighted by Crippen LogP contribution is 2.23. The molecule has 0 bridgehead atoms. The van der Waals surface area contributed by atoms with Crippen molar-refractivity contribution >= 4 is 35.5 Å². The van der Waals surface area contributed by atoms with E-state index in [9.17, 15) is 4.79 Å². The van der Waals surface area contributed by atoms with E-state index in [0.29, 0.717) is 11.0 Å². The number of H-pyrrole nitrogens is 1. The minimum Gasteiger partial charge on any atom is -0.325 e. The average Bonchev–Trinajstić information content (AvgIpc) is 3.13. The maximum absolute atomic E-state index is 12.2. The largest absolute Gasteiger partial charge is 0.325 e. The number of thioether (sulfide) groups is 1. The number of carbonyl (C=O) groups excluding carboxylic acids is 1. The van der Waals surface area contributed by atoms with E-state index in [2.05, 4.69) is 41.3 Å². The molecule has 28 heavy (non-hydrogen) atoms. The lowest BCUT2D eigenvalue weighted by Crippen LogP contribution is -2.15. The summed E-state index contributed by atoms with van der Waals surface area (Å²) in [6.45, 7) is 6.49. The summed E-state index contributed by atoms with van der Waals surface area (Å²) in [4.78, 5) is 16.5. The molecule has 0 fully saturated rings. The summed E-state index contributed by atoms with van der Waals surface area (Å²) in [7, 11) is 0. The molecule has 0 unspecified atom stereocenters. The van der Waals surface area contributed by atoms with Crippen molar-refractivity contribution < 1.29 is 4.79 Å². The normalized spacial score (nSPS) is 11.7. The van der Waals surface area contributed by atoms with Gasteiger partial charge < -0.3 is 5.32 Å². The molecular formula is C22H24N4OS. The van der Waals surface area contributed by atoms with Crippen LogP contribution in [0, 0.1) is 0 Å². The van der Waals surface area contributed by atoms with Gasteiger partial charge in [0.2, 0.25) is 11.1 Å². The van der Waals surface area contributed by atoms with E-state index in [1.807, 2.05) is 66.7 Å². The molecule has 0 saturated carbocycles. The molecule has 1 heterocycles. The second kappa shape index (κ2) is 8.89. The topological polar surface area (TPSA) is 70.7 Å². The number of anilines is 1. The standard InChI is InChI=1S/C22H24N4OS/c1-22(2,3)17-10-12-18(13-11-17)23-20(27)15-28-21-24-19(25-26-21)14-9-16-7-5-4-6-8-16/h4-14H,15H2,1-3H3,(H,23,27)(H,24,25,26)/b14-9+. The van der Waals surface area contributed by atoms with Gasteiger partial charge in [-0.2, -0.15) is 0 Å². The van der Waals surface area contributed by atoms with Crippen LogP contribution in [0.3, 0.4) is 0 Å². The Hall–Kier alpha value is -2.86. The third-order valence-corrected chi connectivity index (χ3v) is 4.93. The average molecular weight is 393 g/mol. The maximum Gasteiger partial charge on any atom is 0.234 e. The number of hydrogen-bond acceptors (Lipinski definition) is 4. The molecule has 1 amide bonds. The quantitative estimate of drug-likeness (QED) is 0.579. The van der Waals surface area contributed by atoms with Crippen LogP contribution in [0.5, 0.6) is 0 Å². The van der Waals surface area contributed by atoms with Gasteiger partial charge in [-0.05, 0) is 34.8 Å². The van der Waals surface area contributed by atoms with Gasteiger partial charge in [0.25, 0.3) is 0 Å². The summed E-state index contributed by atoms with van der Waals surface area (Å²) in [5, 5.41) is 10.5. The molecule has 3 rings (SSSR count). The zero-order chi connectivity index (χ0) is 20.0. The first-order valence-electron chi connectivity index (χ1n) is 9.09. The second-order valence-corrected chi connectivity index (χ2v) is 8.35. The fourth-order valence-electron chi connectivity index (χ4n) is 2.52. The fraction of sp³-hybridized carbons (Fsp3) is 0.227. The Bertz CT molecular complexity index is 941. The number of aromatic nitrogens is 3. The minimum absolute atomic E-state index is 0.0836. The fourth-order valence-corrected chi connectivity index (χ4v) is 3.12. The lowest BCUT2D eigenvalue weighted by atomic mass is 9.87. The van der Waals surface area contributed by atoms with Crippen molar-refractivity contribution in [3.63, 3.8) is 0 Å². The van der Waals surface area contributed by atoms with Gasteiger partial charge in [0.1, 0.15) is 5.82 Å². The van der Waals surface area contributed by atoms with Gasteiger partial charge in [0, 0.05) is 5.69 Å². The van der Waals surface area contributed by atoms with Crippen LogP contribution in [0.1, 0.15) is 37.7 Å². The molecule has 0 atom stereocenters. The third-order valence-electron chi connectivity index (χ3n) is 4.08. The molecule has 144 valence electrons. The smallest absolute Gasteiger partial charge is 0.234 e. The number of benzene rings is 2. The van der Waals surface area contributed by atoms with Crippen LogP contribution < -0.4 is 5.32 Å². The number of rotatable bonds is 6. The first-order chi connectivity index (χ1) is 13.4. The van der Waals surface area contributed by atoms with Crippen LogP contribution in [-0.4, -0.2) is 26.8 Å². The van der Waals surface area contributed by atoms with Gasteiger partial charge in [0.05, 0.1) is 5.75 Å². The zero-order valence-electron chi connectivity index (χ0n) is 16.3. The zero-order valence-corrected chi connectivity index (χ0v) is 17.1. The van der Waals surface area contributed by atoms with Gasteiger partial charge in [0.15, 0.2) is 0 Å². The number of aromatic amines is 1. The predicted molar refractivity (Wildman–Crippen MR) is 116 cm³/mol. The van der Waals surface area contributed by atoms with Crippen LogP contribution in [0.4, 0.5) is 5.69 Å². The van der Waals surface area contributed by atoms with Crippen molar-refractivity contribution in [1.29, 1.82) is 0 Å². The number of amides is 1. The third kappa shape index (κ3) is 5.82. The molecule has 2 N–H and O–H groups in total. The second-order valence-electron chi connectivity index (χ2n) is 7.41. The van der Waals surface area contributed by atoms with Gasteiger partial charge in [-0.1, -0.05) is 81.1 Å². The van der Waals surface area contributed by atoms with Crippen molar-refractivity contribution in [3.8, 4) is 0 Å². The summed E-state index contributed by atoms with van der Waals surface area (Å²) >= 11 is 1.30. The Kier molecular flexibility index (Phi) is 6.31. The van der Waals surface area contributed by atoms with E-state index in [4.69, 9.17) is 0 Å². The van der Waals surface area contributed by atoms with E-state index in [0.717, 1.165) is 11.3 Å². The molecule has 5 nitrogen and oxygen atoms in total.